The smallest absolute Gasteiger partial charge is 0.408 e. The molecule has 0 radical (unpaired) electrons. The van der Waals surface area contributed by atoms with Crippen LogP contribution >= 0.6 is 15.9 Å². The molecule has 0 spiro atoms. The number of carbonyl (C=O) groups is 2. The topological polar surface area (TPSA) is 93.5 Å². The van der Waals surface area contributed by atoms with Crippen molar-refractivity contribution in [1.82, 2.24) is 15.1 Å². The van der Waals surface area contributed by atoms with E-state index in [1.54, 1.807) is 13.1 Å². The number of carbonyl (C=O) groups excluding carboxylic acids is 1. The monoisotopic (exact) mass is 381 g/mol. The predicted octanol–water partition coefficient (Wildman–Crippen LogP) is 2.62. The van der Waals surface area contributed by atoms with Crippen LogP contribution < -0.4 is 5.32 Å². The molecule has 0 saturated carbocycles. The maximum absolute atomic E-state index is 11.9. The van der Waals surface area contributed by atoms with Gasteiger partial charge in [0, 0.05) is 7.05 Å². The van der Waals surface area contributed by atoms with E-state index in [-0.39, 0.29) is 13.0 Å². The molecule has 8 heteroatoms. The minimum atomic E-state index is -1.03. The summed E-state index contributed by atoms with van der Waals surface area (Å²) in [5.41, 5.74) is 1.41. The number of halogens is 1. The Labute approximate surface area is 141 Å². The number of nitrogens with one attached hydrogen (secondary N) is 1. The molecule has 1 atom stereocenters. The Morgan fingerprint density at radius 2 is 2.09 bits per heavy atom. The summed E-state index contributed by atoms with van der Waals surface area (Å²) in [4.78, 5) is 23.0. The molecular weight excluding hydrogens is 366 g/mol. The van der Waals surface area contributed by atoms with Gasteiger partial charge in [0.25, 0.3) is 0 Å². The number of aliphatic carboxylic acids is 1. The van der Waals surface area contributed by atoms with Crippen LogP contribution in [-0.4, -0.2) is 26.9 Å². The van der Waals surface area contributed by atoms with Crippen LogP contribution in [0, 0.1) is 0 Å². The zero-order valence-electron chi connectivity index (χ0n) is 12.4. The second kappa shape index (κ2) is 7.77. The van der Waals surface area contributed by atoms with Crippen molar-refractivity contribution in [3.63, 3.8) is 0 Å². The molecule has 0 bridgehead atoms. The highest BCUT2D eigenvalue weighted by Crippen LogP contribution is 2.20. The lowest BCUT2D eigenvalue weighted by Gasteiger charge is -2.17. The van der Waals surface area contributed by atoms with Crippen LogP contribution in [0.2, 0.25) is 0 Å². The van der Waals surface area contributed by atoms with Gasteiger partial charge >= 0.3 is 12.1 Å². The van der Waals surface area contributed by atoms with Gasteiger partial charge in [-0.05, 0) is 27.6 Å². The Kier molecular flexibility index (Phi) is 5.75. The molecule has 1 heterocycles. The molecule has 0 fully saturated rings. The molecule has 0 aliphatic carbocycles. The van der Waals surface area contributed by atoms with Gasteiger partial charge in [-0.15, -0.1) is 0 Å². The van der Waals surface area contributed by atoms with E-state index in [0.29, 0.717) is 10.3 Å². The summed E-state index contributed by atoms with van der Waals surface area (Å²) in [7, 11) is 1.67. The van der Waals surface area contributed by atoms with E-state index < -0.39 is 18.1 Å². The molecule has 0 unspecified atom stereocenters. The number of aryl methyl sites for hydroxylation is 1. The number of ether oxygens (including phenoxy) is 1. The first-order valence-electron chi connectivity index (χ1n) is 6.84. The van der Waals surface area contributed by atoms with Crippen molar-refractivity contribution in [1.29, 1.82) is 0 Å². The number of hydrogen-bond acceptors (Lipinski definition) is 4. The van der Waals surface area contributed by atoms with Crippen LogP contribution in [0.15, 0.2) is 41.0 Å². The van der Waals surface area contributed by atoms with Crippen molar-refractivity contribution in [2.75, 3.05) is 0 Å². The molecule has 1 amide bonds. The van der Waals surface area contributed by atoms with Crippen molar-refractivity contribution in [2.24, 2.45) is 7.05 Å². The van der Waals surface area contributed by atoms with E-state index in [0.717, 1.165) is 5.56 Å². The van der Waals surface area contributed by atoms with Gasteiger partial charge in [0.2, 0.25) is 0 Å². The van der Waals surface area contributed by atoms with Crippen molar-refractivity contribution in [2.45, 2.75) is 19.1 Å². The van der Waals surface area contributed by atoms with Crippen molar-refractivity contribution < 1.29 is 19.4 Å². The van der Waals surface area contributed by atoms with Gasteiger partial charge in [0.05, 0.1) is 18.2 Å². The van der Waals surface area contributed by atoms with E-state index in [2.05, 4.69) is 26.3 Å². The fourth-order valence-electron chi connectivity index (χ4n) is 2.08. The number of aromatic nitrogens is 2. The van der Waals surface area contributed by atoms with Gasteiger partial charge in [0.15, 0.2) is 0 Å². The molecule has 7 nitrogen and oxygen atoms in total. The Hall–Kier alpha value is -2.35. The highest BCUT2D eigenvalue weighted by atomic mass is 79.9. The number of nitrogens with zero attached hydrogens (tertiary/aromatic N) is 2. The summed E-state index contributed by atoms with van der Waals surface area (Å²) in [5, 5.41) is 15.7. The maximum atomic E-state index is 11.9. The molecule has 1 aromatic carbocycles. The van der Waals surface area contributed by atoms with E-state index in [1.165, 1.54) is 4.68 Å². The lowest BCUT2D eigenvalue weighted by Crippen LogP contribution is -2.31. The first-order valence-corrected chi connectivity index (χ1v) is 7.63. The fourth-order valence-corrected chi connectivity index (χ4v) is 2.56. The zero-order chi connectivity index (χ0) is 16.8. The van der Waals surface area contributed by atoms with Gasteiger partial charge in [-0.3, -0.25) is 9.48 Å². The minimum absolute atomic E-state index is 0.113. The van der Waals surface area contributed by atoms with Gasteiger partial charge in [0.1, 0.15) is 11.2 Å². The Bertz CT molecular complexity index is 687. The second-order valence-corrected chi connectivity index (χ2v) is 5.68. The third-order valence-electron chi connectivity index (χ3n) is 3.13. The minimum Gasteiger partial charge on any atom is -0.481 e. The predicted molar refractivity (Wildman–Crippen MR) is 85.7 cm³/mol. The second-order valence-electron chi connectivity index (χ2n) is 4.87. The number of carboxylic acid groups (broad SMARTS) is 1. The lowest BCUT2D eigenvalue weighted by molar-refractivity contribution is -0.137. The van der Waals surface area contributed by atoms with Gasteiger partial charge in [-0.1, -0.05) is 30.3 Å². The summed E-state index contributed by atoms with van der Waals surface area (Å²) >= 11 is 3.22. The molecule has 122 valence electrons. The zero-order valence-corrected chi connectivity index (χ0v) is 14.0. The molecule has 2 aromatic rings. The highest BCUT2D eigenvalue weighted by molar-refractivity contribution is 9.10. The number of carboxylic acids is 1. The maximum Gasteiger partial charge on any atom is 0.408 e. The van der Waals surface area contributed by atoms with Crippen LogP contribution in [0.4, 0.5) is 4.79 Å². The number of hydrogen-bond donors (Lipinski definition) is 2. The molecule has 0 saturated heterocycles. The molecule has 23 heavy (non-hydrogen) atoms. The van der Waals surface area contributed by atoms with Crippen LogP contribution in [0.1, 0.15) is 23.7 Å². The Morgan fingerprint density at radius 3 is 2.65 bits per heavy atom. The molecule has 0 aliphatic rings. The lowest BCUT2D eigenvalue weighted by atomic mass is 10.1. The number of alkyl carbamates (subject to hydrolysis) is 1. The average Bonchev–Trinajstić information content (AvgIpc) is 2.84. The van der Waals surface area contributed by atoms with Crippen LogP contribution in [0.3, 0.4) is 0 Å². The van der Waals surface area contributed by atoms with Gasteiger partial charge in [-0.25, -0.2) is 4.79 Å². The number of rotatable bonds is 6. The molecule has 1 aromatic heterocycles. The van der Waals surface area contributed by atoms with Gasteiger partial charge < -0.3 is 15.2 Å². The third kappa shape index (κ3) is 5.10. The Balaban J connectivity index is 2.01. The largest absolute Gasteiger partial charge is 0.481 e. The van der Waals surface area contributed by atoms with E-state index in [9.17, 15) is 9.59 Å². The normalized spacial score (nSPS) is 11.7. The van der Waals surface area contributed by atoms with E-state index >= 15 is 0 Å². The summed E-state index contributed by atoms with van der Waals surface area (Å²) in [6.07, 6.45) is -0.954. The molecule has 0 aliphatic heterocycles. The number of amides is 1. The summed E-state index contributed by atoms with van der Waals surface area (Å²) in [6, 6.07) is 10.1. The SMILES string of the molecule is Cn1nc(Br)cc1[C@H](CC(=O)O)NC(=O)OCc1ccccc1. The van der Waals surface area contributed by atoms with E-state index in [1.807, 2.05) is 30.3 Å². The molecular formula is C15H16BrN3O4. The van der Waals surface area contributed by atoms with Crippen LogP contribution in [0.25, 0.3) is 0 Å². The van der Waals surface area contributed by atoms with Crippen molar-refractivity contribution >= 4 is 28.0 Å². The fraction of sp³-hybridized carbons (Fsp3) is 0.267. The summed E-state index contributed by atoms with van der Waals surface area (Å²) in [5.74, 6) is -1.03. The summed E-state index contributed by atoms with van der Waals surface area (Å²) in [6.45, 7) is 0.113. The van der Waals surface area contributed by atoms with Crippen LogP contribution in [-0.2, 0) is 23.2 Å². The summed E-state index contributed by atoms with van der Waals surface area (Å²) < 4.78 is 7.19. The third-order valence-corrected chi connectivity index (χ3v) is 3.51. The first kappa shape index (κ1) is 17.0. The van der Waals surface area contributed by atoms with Crippen molar-refractivity contribution in [3.8, 4) is 0 Å². The van der Waals surface area contributed by atoms with E-state index in [4.69, 9.17) is 9.84 Å². The first-order chi connectivity index (χ1) is 11.0. The van der Waals surface area contributed by atoms with Crippen molar-refractivity contribution in [3.05, 3.63) is 52.3 Å². The highest BCUT2D eigenvalue weighted by Gasteiger charge is 2.22. The number of benzene rings is 1. The van der Waals surface area contributed by atoms with Crippen LogP contribution in [0.5, 0.6) is 0 Å². The Morgan fingerprint density at radius 1 is 1.39 bits per heavy atom. The van der Waals surface area contributed by atoms with Gasteiger partial charge in [-0.2, -0.15) is 5.10 Å². The molecule has 2 rings (SSSR count). The average molecular weight is 382 g/mol. The standard InChI is InChI=1S/C15H16BrN3O4/c1-19-12(8-13(16)18-19)11(7-14(20)21)17-15(22)23-9-10-5-3-2-4-6-10/h2-6,8,11H,7,9H2,1H3,(H,17,22)(H,20,21)/t11-/m0/s1. The molecule has 2 N–H and O–H groups in total. The quantitative estimate of drug-likeness (QED) is 0.801.